The topological polar surface area (TPSA) is 3.24 Å². The number of hydrogen-bond acceptors (Lipinski definition) is 1. The van der Waals surface area contributed by atoms with Crippen molar-refractivity contribution in [2.75, 3.05) is 11.9 Å². The molecule has 0 N–H and O–H groups in total. The molecule has 35 heavy (non-hydrogen) atoms. The van der Waals surface area contributed by atoms with Crippen LogP contribution in [-0.2, 0) is 10.8 Å². The summed E-state index contributed by atoms with van der Waals surface area (Å²) in [5.74, 6) is 0. The van der Waals surface area contributed by atoms with Crippen LogP contribution in [0.25, 0.3) is 21.5 Å². The molecule has 5 rings (SSSR count). The van der Waals surface area contributed by atoms with Gasteiger partial charge in [0.05, 0.1) is 0 Å². The van der Waals surface area contributed by atoms with Crippen LogP contribution in [0.5, 0.6) is 0 Å². The Morgan fingerprint density at radius 2 is 1.46 bits per heavy atom. The first-order valence-electron chi connectivity index (χ1n) is 12.5. The van der Waals surface area contributed by atoms with Gasteiger partial charge in [0.25, 0.3) is 0 Å². The maximum absolute atomic E-state index is 4.52. The molecule has 0 aromatic heterocycles. The number of aryl methyl sites for hydroxylation is 1. The first-order chi connectivity index (χ1) is 16.6. The van der Waals surface area contributed by atoms with Gasteiger partial charge in [0.15, 0.2) is 0 Å². The Bertz CT molecular complexity index is 1530. The van der Waals surface area contributed by atoms with Crippen LogP contribution in [0.15, 0.2) is 109 Å². The minimum atomic E-state index is -0.184. The molecule has 176 valence electrons. The van der Waals surface area contributed by atoms with E-state index in [1.165, 1.54) is 49.6 Å². The van der Waals surface area contributed by atoms with Crippen molar-refractivity contribution in [3.63, 3.8) is 0 Å². The van der Waals surface area contributed by atoms with E-state index in [4.69, 9.17) is 0 Å². The van der Waals surface area contributed by atoms with Crippen LogP contribution < -0.4 is 4.90 Å². The molecule has 4 aromatic carbocycles. The summed E-state index contributed by atoms with van der Waals surface area (Å²) in [4.78, 5) is 2.34. The Morgan fingerprint density at radius 1 is 0.857 bits per heavy atom. The minimum Gasteiger partial charge on any atom is -0.347 e. The molecule has 0 radical (unpaired) electrons. The molecule has 1 heterocycles. The van der Waals surface area contributed by atoms with Crippen LogP contribution in [0.3, 0.4) is 0 Å². The van der Waals surface area contributed by atoms with Crippen LogP contribution in [0.1, 0.15) is 44.4 Å². The number of anilines is 1. The summed E-state index contributed by atoms with van der Waals surface area (Å²) in [5, 5.41) is 5.22. The average molecular weight is 458 g/mol. The second kappa shape index (κ2) is 8.27. The van der Waals surface area contributed by atoms with Gasteiger partial charge in [-0.1, -0.05) is 113 Å². The van der Waals surface area contributed by atoms with Crippen molar-refractivity contribution in [2.24, 2.45) is 0 Å². The first kappa shape index (κ1) is 23.2. The fourth-order valence-electron chi connectivity index (χ4n) is 6.03. The Morgan fingerprint density at radius 3 is 2.17 bits per heavy atom. The summed E-state index contributed by atoms with van der Waals surface area (Å²) in [6.07, 6.45) is 6.65. The fourth-order valence-corrected chi connectivity index (χ4v) is 6.03. The van der Waals surface area contributed by atoms with Gasteiger partial charge in [0.1, 0.15) is 0 Å². The van der Waals surface area contributed by atoms with Crippen molar-refractivity contribution in [1.82, 2.24) is 0 Å². The second-order valence-corrected chi connectivity index (χ2v) is 10.9. The van der Waals surface area contributed by atoms with Crippen molar-refractivity contribution >= 4 is 27.2 Å². The molecule has 4 aromatic rings. The van der Waals surface area contributed by atoms with Gasteiger partial charge in [-0.25, -0.2) is 0 Å². The predicted octanol–water partition coefficient (Wildman–Crippen LogP) is 9.00. The maximum Gasteiger partial charge on any atom is 0.0454 e. The third kappa shape index (κ3) is 3.62. The summed E-state index contributed by atoms with van der Waals surface area (Å²) in [6, 6.07) is 26.3. The van der Waals surface area contributed by atoms with Crippen molar-refractivity contribution in [3.05, 3.63) is 126 Å². The molecular formula is C34H35N. The van der Waals surface area contributed by atoms with E-state index >= 15 is 0 Å². The molecule has 0 bridgehead atoms. The molecule has 0 saturated carbocycles. The molecule has 0 saturated heterocycles. The van der Waals surface area contributed by atoms with Crippen molar-refractivity contribution in [1.29, 1.82) is 0 Å². The Balaban J connectivity index is 1.50. The van der Waals surface area contributed by atoms with Crippen LogP contribution in [-0.4, -0.2) is 7.05 Å². The third-order valence-electron chi connectivity index (χ3n) is 8.01. The van der Waals surface area contributed by atoms with Gasteiger partial charge in [-0.2, -0.15) is 0 Å². The standard InChI is InChI=1S/C34H35N/c1-23-19-20-25-14-8-10-16-27(25)31(23)33(3,4)24(2)13-12-18-30-34(5,6)32-28-17-11-9-15-26(28)21-22-29(32)35(30)7/h8-22H,2H2,1,3-7H3/b13-12+,30-18-. The molecule has 0 aliphatic carbocycles. The zero-order chi connectivity index (χ0) is 25.0. The fraction of sp³-hybridized carbons (Fsp3) is 0.235. The van der Waals surface area contributed by atoms with Gasteiger partial charge >= 0.3 is 0 Å². The van der Waals surface area contributed by atoms with Crippen LogP contribution in [0.2, 0.25) is 0 Å². The summed E-state index contributed by atoms with van der Waals surface area (Å²) in [6.45, 7) is 16.0. The monoisotopic (exact) mass is 457 g/mol. The Kier molecular flexibility index (Phi) is 5.48. The molecule has 1 heteroatoms. The number of allylic oxidation sites excluding steroid dienone is 5. The van der Waals surface area contributed by atoms with E-state index in [9.17, 15) is 0 Å². The van der Waals surface area contributed by atoms with Crippen LogP contribution >= 0.6 is 0 Å². The lowest BCUT2D eigenvalue weighted by Gasteiger charge is -2.30. The lowest BCUT2D eigenvalue weighted by atomic mass is 9.74. The van der Waals surface area contributed by atoms with E-state index in [1.54, 1.807) is 0 Å². The number of benzene rings is 4. The summed E-state index contributed by atoms with van der Waals surface area (Å²) < 4.78 is 0. The largest absolute Gasteiger partial charge is 0.347 e. The minimum absolute atomic E-state index is 0.0850. The van der Waals surface area contributed by atoms with E-state index in [0.717, 1.165) is 5.57 Å². The van der Waals surface area contributed by atoms with Crippen molar-refractivity contribution < 1.29 is 0 Å². The first-order valence-corrected chi connectivity index (χ1v) is 12.5. The normalized spacial score (nSPS) is 16.5. The van der Waals surface area contributed by atoms with E-state index in [-0.39, 0.29) is 10.8 Å². The number of rotatable bonds is 4. The van der Waals surface area contributed by atoms with Gasteiger partial charge in [-0.05, 0) is 62.9 Å². The third-order valence-corrected chi connectivity index (χ3v) is 8.01. The highest BCUT2D eigenvalue weighted by molar-refractivity contribution is 5.94. The lowest BCUT2D eigenvalue weighted by Crippen LogP contribution is -2.23. The number of fused-ring (bicyclic) bond motifs is 4. The van der Waals surface area contributed by atoms with Gasteiger partial charge in [-0.3, -0.25) is 0 Å². The van der Waals surface area contributed by atoms with E-state index < -0.39 is 0 Å². The summed E-state index contributed by atoms with van der Waals surface area (Å²) in [7, 11) is 2.18. The summed E-state index contributed by atoms with van der Waals surface area (Å²) in [5.41, 5.74) is 7.49. The molecule has 0 atom stereocenters. The quantitative estimate of drug-likeness (QED) is 0.276. The maximum atomic E-state index is 4.52. The molecular weight excluding hydrogens is 422 g/mol. The molecule has 1 aliphatic heterocycles. The van der Waals surface area contributed by atoms with Gasteiger partial charge in [0.2, 0.25) is 0 Å². The van der Waals surface area contributed by atoms with E-state index in [1.807, 2.05) is 0 Å². The van der Waals surface area contributed by atoms with Crippen molar-refractivity contribution in [2.45, 2.75) is 45.4 Å². The lowest BCUT2D eigenvalue weighted by molar-refractivity contribution is 0.641. The molecule has 1 aliphatic rings. The molecule has 0 spiro atoms. The zero-order valence-corrected chi connectivity index (χ0v) is 21.8. The smallest absolute Gasteiger partial charge is 0.0454 e. The van der Waals surface area contributed by atoms with Gasteiger partial charge in [0, 0.05) is 29.3 Å². The SMILES string of the molecule is C=C(/C=C/C=C1\N(C)c2ccc3ccccc3c2C1(C)C)C(C)(C)c1c(C)ccc2ccccc12. The summed E-state index contributed by atoms with van der Waals surface area (Å²) >= 11 is 0. The number of hydrogen-bond donors (Lipinski definition) is 0. The Hall–Kier alpha value is -3.58. The highest BCUT2D eigenvalue weighted by atomic mass is 15.2. The van der Waals surface area contributed by atoms with Crippen molar-refractivity contribution in [3.8, 4) is 0 Å². The number of nitrogens with zero attached hydrogens (tertiary/aromatic N) is 1. The zero-order valence-electron chi connectivity index (χ0n) is 21.8. The molecule has 1 nitrogen and oxygen atoms in total. The van der Waals surface area contributed by atoms with Crippen LogP contribution in [0, 0.1) is 6.92 Å². The van der Waals surface area contributed by atoms with Gasteiger partial charge < -0.3 is 4.90 Å². The molecule has 0 fully saturated rings. The van der Waals surface area contributed by atoms with Gasteiger partial charge in [-0.15, -0.1) is 0 Å². The highest BCUT2D eigenvalue weighted by Gasteiger charge is 2.39. The molecule has 0 unspecified atom stereocenters. The Labute approximate surface area is 210 Å². The average Bonchev–Trinajstić information content (AvgIpc) is 3.04. The number of likely N-dealkylation sites (N-methyl/N-ethyl adjacent to an activating group) is 1. The van der Waals surface area contributed by atoms with E-state index in [2.05, 4.69) is 144 Å². The molecule has 0 amide bonds. The second-order valence-electron chi connectivity index (χ2n) is 10.9. The highest BCUT2D eigenvalue weighted by Crippen LogP contribution is 2.50. The predicted molar refractivity (Wildman–Crippen MR) is 153 cm³/mol. The van der Waals surface area contributed by atoms with E-state index in [0.29, 0.717) is 0 Å². The van der Waals surface area contributed by atoms with Crippen LogP contribution in [0.4, 0.5) is 5.69 Å².